The predicted molar refractivity (Wildman–Crippen MR) is 63.7 cm³/mol. The van der Waals surface area contributed by atoms with Gasteiger partial charge in [-0.05, 0) is 18.2 Å². The number of hydrogen-bond acceptors (Lipinski definition) is 3. The van der Waals surface area contributed by atoms with E-state index in [9.17, 15) is 4.39 Å². The number of rotatable bonds is 3. The summed E-state index contributed by atoms with van der Waals surface area (Å²) in [6.45, 7) is 0.103. The first kappa shape index (κ1) is 12.4. The summed E-state index contributed by atoms with van der Waals surface area (Å²) >= 11 is 5.82. The molecule has 92 valence electrons. The summed E-state index contributed by atoms with van der Waals surface area (Å²) in [5.74, 6) is 0.0891. The molecule has 0 spiro atoms. The molecular weight excluding hydrogens is 257 g/mol. The fraction of sp³-hybridized carbons (Fsp3) is 0.167. The zero-order valence-electron chi connectivity index (χ0n) is 9.52. The highest BCUT2D eigenvalue weighted by Crippen LogP contribution is 2.19. The molecule has 0 bridgehead atoms. The largest absolute Gasteiger partial charge is 0.483 e. The molecule has 1 heterocycles. The summed E-state index contributed by atoms with van der Waals surface area (Å²) in [5, 5.41) is 9.09. The second kappa shape index (κ2) is 5.07. The van der Waals surface area contributed by atoms with E-state index in [-0.39, 0.29) is 17.9 Å². The van der Waals surface area contributed by atoms with E-state index < -0.39 is 5.82 Å². The highest BCUT2D eigenvalue weighted by atomic mass is 35.5. The van der Waals surface area contributed by atoms with Gasteiger partial charge in [-0.2, -0.15) is 5.26 Å². The van der Waals surface area contributed by atoms with Gasteiger partial charge in [0.2, 0.25) is 0 Å². The third kappa shape index (κ3) is 2.44. The molecule has 1 aromatic heterocycles. The van der Waals surface area contributed by atoms with Crippen LogP contribution in [-0.2, 0) is 13.7 Å². The summed E-state index contributed by atoms with van der Waals surface area (Å²) in [4.78, 5) is 4.02. The Balaban J connectivity index is 2.11. The average Bonchev–Trinajstić information content (AvgIpc) is 2.68. The van der Waals surface area contributed by atoms with E-state index >= 15 is 0 Å². The van der Waals surface area contributed by atoms with Gasteiger partial charge in [0.05, 0.1) is 17.8 Å². The molecule has 0 aliphatic heterocycles. The molecule has 6 heteroatoms. The number of hydrogen-bond donors (Lipinski definition) is 0. The monoisotopic (exact) mass is 265 g/mol. The summed E-state index contributed by atoms with van der Waals surface area (Å²) in [6.07, 6.45) is 1.50. The Morgan fingerprint density at radius 3 is 2.89 bits per heavy atom. The second-order valence-electron chi connectivity index (χ2n) is 3.60. The van der Waals surface area contributed by atoms with Crippen molar-refractivity contribution in [3.63, 3.8) is 0 Å². The van der Waals surface area contributed by atoms with Crippen molar-refractivity contribution in [3.8, 4) is 11.8 Å². The van der Waals surface area contributed by atoms with Crippen molar-refractivity contribution in [2.45, 2.75) is 6.61 Å². The summed E-state index contributed by atoms with van der Waals surface area (Å²) in [5.41, 5.74) is 0.250. The molecule has 0 atom stereocenters. The smallest absolute Gasteiger partial charge is 0.166 e. The molecule has 0 saturated heterocycles. The number of ether oxygens (including phenoxy) is 1. The van der Waals surface area contributed by atoms with Gasteiger partial charge in [0.1, 0.15) is 17.6 Å². The van der Waals surface area contributed by atoms with E-state index in [1.807, 2.05) is 6.07 Å². The van der Waals surface area contributed by atoms with Gasteiger partial charge in [-0.25, -0.2) is 9.37 Å². The number of nitrogens with zero attached hydrogens (tertiary/aromatic N) is 3. The summed E-state index contributed by atoms with van der Waals surface area (Å²) < 4.78 is 20.4. The zero-order chi connectivity index (χ0) is 13.1. The second-order valence-corrected chi connectivity index (χ2v) is 3.99. The van der Waals surface area contributed by atoms with Crippen molar-refractivity contribution >= 4 is 11.6 Å². The molecule has 0 N–H and O–H groups in total. The van der Waals surface area contributed by atoms with Gasteiger partial charge in [0.15, 0.2) is 11.6 Å². The molecule has 2 aromatic rings. The highest BCUT2D eigenvalue weighted by Gasteiger charge is 2.08. The Labute approximate surface area is 108 Å². The van der Waals surface area contributed by atoms with Gasteiger partial charge < -0.3 is 9.30 Å². The highest BCUT2D eigenvalue weighted by molar-refractivity contribution is 6.29. The SMILES string of the molecule is Cn1c(Cl)cnc1COc1ccc(C#N)cc1F. The van der Waals surface area contributed by atoms with Gasteiger partial charge in [-0.15, -0.1) is 0 Å². The third-order valence-electron chi connectivity index (χ3n) is 2.45. The van der Waals surface area contributed by atoms with E-state index in [4.69, 9.17) is 21.6 Å². The normalized spacial score (nSPS) is 10.1. The van der Waals surface area contributed by atoms with Crippen LogP contribution in [0.25, 0.3) is 0 Å². The maximum Gasteiger partial charge on any atom is 0.166 e. The third-order valence-corrected chi connectivity index (χ3v) is 2.80. The van der Waals surface area contributed by atoms with E-state index in [0.717, 1.165) is 6.07 Å². The van der Waals surface area contributed by atoms with Gasteiger partial charge >= 0.3 is 0 Å². The lowest BCUT2D eigenvalue weighted by Gasteiger charge is -2.07. The van der Waals surface area contributed by atoms with Crippen molar-refractivity contribution in [1.29, 1.82) is 5.26 Å². The van der Waals surface area contributed by atoms with Crippen LogP contribution in [0.1, 0.15) is 11.4 Å². The quantitative estimate of drug-likeness (QED) is 0.857. The molecule has 18 heavy (non-hydrogen) atoms. The van der Waals surface area contributed by atoms with E-state index in [1.54, 1.807) is 11.6 Å². The Hall–Kier alpha value is -2.06. The Bertz CT molecular complexity index is 618. The van der Waals surface area contributed by atoms with Crippen LogP contribution in [0.3, 0.4) is 0 Å². The minimum Gasteiger partial charge on any atom is -0.483 e. The van der Waals surface area contributed by atoms with Crippen molar-refractivity contribution in [1.82, 2.24) is 9.55 Å². The van der Waals surface area contributed by atoms with Crippen LogP contribution in [-0.4, -0.2) is 9.55 Å². The lowest BCUT2D eigenvalue weighted by atomic mass is 10.2. The van der Waals surface area contributed by atoms with Crippen LogP contribution >= 0.6 is 11.6 Å². The minimum atomic E-state index is -0.575. The summed E-state index contributed by atoms with van der Waals surface area (Å²) in [6, 6.07) is 5.88. The lowest BCUT2D eigenvalue weighted by molar-refractivity contribution is 0.277. The van der Waals surface area contributed by atoms with Crippen molar-refractivity contribution < 1.29 is 9.13 Å². The van der Waals surface area contributed by atoms with Gasteiger partial charge in [-0.3, -0.25) is 0 Å². The van der Waals surface area contributed by atoms with Crippen molar-refractivity contribution in [2.75, 3.05) is 0 Å². The maximum absolute atomic E-state index is 13.5. The van der Waals surface area contributed by atoms with Crippen LogP contribution in [0, 0.1) is 17.1 Å². The fourth-order valence-corrected chi connectivity index (χ4v) is 1.53. The van der Waals surface area contributed by atoms with Crippen LogP contribution in [0.2, 0.25) is 5.15 Å². The van der Waals surface area contributed by atoms with Crippen molar-refractivity contribution in [2.24, 2.45) is 7.05 Å². The average molecular weight is 266 g/mol. The van der Waals surface area contributed by atoms with Gasteiger partial charge in [-0.1, -0.05) is 11.6 Å². The molecule has 0 radical (unpaired) electrons. The lowest BCUT2D eigenvalue weighted by Crippen LogP contribution is -2.04. The molecule has 0 unspecified atom stereocenters. The molecular formula is C12H9ClFN3O. The van der Waals surface area contributed by atoms with Gasteiger partial charge in [0, 0.05) is 7.05 Å². The Kier molecular flexibility index (Phi) is 3.49. The number of halogens is 2. The van der Waals surface area contributed by atoms with Gasteiger partial charge in [0.25, 0.3) is 0 Å². The van der Waals surface area contributed by atoms with Crippen molar-refractivity contribution in [3.05, 3.63) is 46.8 Å². The molecule has 0 aliphatic carbocycles. The van der Waals surface area contributed by atoms with E-state index in [1.165, 1.54) is 18.3 Å². The molecule has 0 amide bonds. The zero-order valence-corrected chi connectivity index (χ0v) is 10.3. The molecule has 0 fully saturated rings. The number of imidazole rings is 1. The molecule has 1 aromatic carbocycles. The first-order valence-corrected chi connectivity index (χ1v) is 5.48. The number of benzene rings is 1. The topological polar surface area (TPSA) is 50.8 Å². The Morgan fingerprint density at radius 2 is 2.33 bits per heavy atom. The molecule has 0 saturated carbocycles. The fourth-order valence-electron chi connectivity index (χ4n) is 1.39. The van der Waals surface area contributed by atoms with E-state index in [2.05, 4.69) is 4.98 Å². The number of nitriles is 1. The first-order chi connectivity index (χ1) is 8.61. The van der Waals surface area contributed by atoms with Crippen LogP contribution < -0.4 is 4.74 Å². The summed E-state index contributed by atoms with van der Waals surface area (Å²) in [7, 11) is 1.74. The maximum atomic E-state index is 13.5. The molecule has 2 rings (SSSR count). The van der Waals surface area contributed by atoms with Crippen LogP contribution in [0.15, 0.2) is 24.4 Å². The van der Waals surface area contributed by atoms with Crippen LogP contribution in [0.5, 0.6) is 5.75 Å². The Morgan fingerprint density at radius 1 is 1.56 bits per heavy atom. The molecule has 4 nitrogen and oxygen atoms in total. The predicted octanol–water partition coefficient (Wildman–Crippen LogP) is 2.66. The van der Waals surface area contributed by atoms with E-state index in [0.29, 0.717) is 11.0 Å². The first-order valence-electron chi connectivity index (χ1n) is 5.10. The minimum absolute atomic E-state index is 0.0770. The standard InChI is InChI=1S/C12H9ClFN3O/c1-17-11(13)6-16-12(17)7-18-10-3-2-8(5-15)4-9(10)14/h2-4,6H,7H2,1H3. The number of aromatic nitrogens is 2. The molecule has 0 aliphatic rings. The van der Waals surface area contributed by atoms with Crippen LogP contribution in [0.4, 0.5) is 4.39 Å².